The Hall–Kier alpha value is -2.93. The van der Waals surface area contributed by atoms with Gasteiger partial charge in [0.2, 0.25) is 10.0 Å². The molecule has 1 aliphatic rings. The summed E-state index contributed by atoms with van der Waals surface area (Å²) in [4.78, 5) is 14.4. The molecule has 3 rings (SSSR count). The molecule has 0 radical (unpaired) electrons. The number of hydrogen-bond donors (Lipinski definition) is 1. The van der Waals surface area contributed by atoms with Gasteiger partial charge in [-0.2, -0.15) is 4.31 Å². The van der Waals surface area contributed by atoms with Gasteiger partial charge >= 0.3 is 0 Å². The van der Waals surface area contributed by atoms with E-state index in [0.717, 1.165) is 0 Å². The maximum absolute atomic E-state index is 13.7. The van der Waals surface area contributed by atoms with Crippen LogP contribution in [0.1, 0.15) is 43.6 Å². The average molecular weight is 517 g/mol. The van der Waals surface area contributed by atoms with Gasteiger partial charge in [0.25, 0.3) is 5.91 Å². The molecule has 0 unspecified atom stereocenters. The third kappa shape index (κ3) is 6.25. The summed E-state index contributed by atoms with van der Waals surface area (Å²) in [6.07, 6.45) is -0.580. The highest BCUT2D eigenvalue weighted by Crippen LogP contribution is 2.34. The number of carbonyl (C=O) groups excluding carboxylic acids is 1. The van der Waals surface area contributed by atoms with Crippen LogP contribution >= 0.6 is 0 Å². The monoisotopic (exact) mass is 516 g/mol. The standard InChI is InChI=1S/C27H33FN2O5S/c1-18(2)9-10-21-11-12-26-24(13-21)35-25(19(3)15-30(20(4)17-31)36(26,33)34)16-29(5)27(32)22-7-6-8-23(28)14-22/h6-8,11-14,18-20,25,31H,15-17H2,1-5H3/t19-,20-,25-/m1/s1. The quantitative estimate of drug-likeness (QED) is 0.616. The summed E-state index contributed by atoms with van der Waals surface area (Å²) in [5.74, 6) is 5.15. The van der Waals surface area contributed by atoms with E-state index in [1.165, 1.54) is 39.5 Å². The molecule has 2 aromatic carbocycles. The molecule has 1 N–H and O–H groups in total. The fourth-order valence-corrected chi connectivity index (χ4v) is 5.77. The first-order valence-corrected chi connectivity index (χ1v) is 13.3. The number of halogens is 1. The van der Waals surface area contributed by atoms with E-state index < -0.39 is 28.0 Å². The molecule has 1 heterocycles. The van der Waals surface area contributed by atoms with E-state index in [9.17, 15) is 22.7 Å². The van der Waals surface area contributed by atoms with Crippen molar-refractivity contribution < 1.29 is 27.4 Å². The Balaban J connectivity index is 2.02. The largest absolute Gasteiger partial charge is 0.487 e. The lowest BCUT2D eigenvalue weighted by Gasteiger charge is -2.37. The summed E-state index contributed by atoms with van der Waals surface area (Å²) >= 11 is 0. The van der Waals surface area contributed by atoms with Crippen molar-refractivity contribution >= 4 is 15.9 Å². The Morgan fingerprint density at radius 3 is 2.61 bits per heavy atom. The zero-order chi connectivity index (χ0) is 26.6. The normalized spacial score (nSPS) is 20.2. The molecule has 36 heavy (non-hydrogen) atoms. The molecule has 0 aliphatic carbocycles. The molecule has 0 saturated carbocycles. The molecule has 7 nitrogen and oxygen atoms in total. The van der Waals surface area contributed by atoms with Crippen molar-refractivity contribution in [1.82, 2.24) is 9.21 Å². The van der Waals surface area contributed by atoms with Gasteiger partial charge in [0.05, 0.1) is 13.2 Å². The van der Waals surface area contributed by atoms with Crippen LogP contribution in [0.15, 0.2) is 47.4 Å². The van der Waals surface area contributed by atoms with E-state index in [1.54, 1.807) is 26.1 Å². The predicted molar refractivity (Wildman–Crippen MR) is 136 cm³/mol. The Kier molecular flexibility index (Phi) is 8.77. The second-order valence-corrected chi connectivity index (χ2v) is 11.4. The lowest BCUT2D eigenvalue weighted by atomic mass is 10.0. The predicted octanol–water partition coefficient (Wildman–Crippen LogP) is 3.37. The lowest BCUT2D eigenvalue weighted by molar-refractivity contribution is 0.0563. The molecular weight excluding hydrogens is 483 g/mol. The van der Waals surface area contributed by atoms with Gasteiger partial charge in [-0.1, -0.05) is 38.7 Å². The maximum Gasteiger partial charge on any atom is 0.253 e. The van der Waals surface area contributed by atoms with Crippen LogP contribution in [0.3, 0.4) is 0 Å². The van der Waals surface area contributed by atoms with E-state index in [2.05, 4.69) is 11.8 Å². The number of hydrogen-bond acceptors (Lipinski definition) is 5. The number of ether oxygens (including phenoxy) is 1. The highest BCUT2D eigenvalue weighted by Gasteiger charge is 2.38. The number of benzene rings is 2. The van der Waals surface area contributed by atoms with Crippen LogP contribution in [0.2, 0.25) is 0 Å². The molecule has 0 aromatic heterocycles. The second kappa shape index (κ2) is 11.4. The van der Waals surface area contributed by atoms with Gasteiger partial charge in [-0.05, 0) is 43.3 Å². The third-order valence-corrected chi connectivity index (χ3v) is 8.06. The fourth-order valence-electron chi connectivity index (χ4n) is 3.94. The van der Waals surface area contributed by atoms with Gasteiger partial charge in [0, 0.05) is 42.6 Å². The average Bonchev–Trinajstić information content (AvgIpc) is 2.83. The van der Waals surface area contributed by atoms with Crippen molar-refractivity contribution in [1.29, 1.82) is 0 Å². The number of sulfonamides is 1. The van der Waals surface area contributed by atoms with Crippen LogP contribution in [-0.2, 0) is 10.0 Å². The maximum atomic E-state index is 13.7. The van der Waals surface area contributed by atoms with Crippen LogP contribution < -0.4 is 4.74 Å². The molecular formula is C27H33FN2O5S. The van der Waals surface area contributed by atoms with E-state index in [4.69, 9.17) is 4.74 Å². The van der Waals surface area contributed by atoms with Crippen molar-refractivity contribution in [2.24, 2.45) is 11.8 Å². The molecule has 1 aliphatic heterocycles. The highest BCUT2D eigenvalue weighted by molar-refractivity contribution is 7.89. The minimum atomic E-state index is -3.97. The van der Waals surface area contributed by atoms with Crippen LogP contribution in [0.5, 0.6) is 5.75 Å². The number of nitrogens with zero attached hydrogens (tertiary/aromatic N) is 2. The van der Waals surface area contributed by atoms with Gasteiger partial charge in [0.15, 0.2) is 0 Å². The number of rotatable bonds is 5. The Morgan fingerprint density at radius 2 is 1.97 bits per heavy atom. The van der Waals surface area contributed by atoms with Crippen molar-refractivity contribution in [3.63, 3.8) is 0 Å². The number of carbonyl (C=O) groups is 1. The third-order valence-electron chi connectivity index (χ3n) is 6.04. The van der Waals surface area contributed by atoms with Gasteiger partial charge < -0.3 is 14.7 Å². The highest BCUT2D eigenvalue weighted by atomic mass is 32.2. The minimum absolute atomic E-state index is 0.0195. The molecule has 3 atom stereocenters. The summed E-state index contributed by atoms with van der Waals surface area (Å²) in [7, 11) is -2.38. The van der Waals surface area contributed by atoms with Crippen LogP contribution in [0, 0.1) is 29.5 Å². The van der Waals surface area contributed by atoms with Gasteiger partial charge in [-0.25, -0.2) is 12.8 Å². The summed E-state index contributed by atoms with van der Waals surface area (Å²) < 4.78 is 48.3. The molecule has 1 amide bonds. The Labute approximate surface area is 212 Å². The van der Waals surface area contributed by atoms with Crippen molar-refractivity contribution in [3.8, 4) is 17.6 Å². The number of fused-ring (bicyclic) bond motifs is 1. The smallest absolute Gasteiger partial charge is 0.253 e. The lowest BCUT2D eigenvalue weighted by Crippen LogP contribution is -2.50. The van der Waals surface area contributed by atoms with Gasteiger partial charge in [0.1, 0.15) is 22.6 Å². The molecule has 0 fully saturated rings. The van der Waals surface area contributed by atoms with E-state index >= 15 is 0 Å². The Morgan fingerprint density at radius 1 is 1.25 bits per heavy atom. The van der Waals surface area contributed by atoms with E-state index in [1.807, 2.05) is 20.8 Å². The van der Waals surface area contributed by atoms with Crippen LogP contribution in [0.25, 0.3) is 0 Å². The number of likely N-dealkylation sites (N-methyl/N-ethyl adjacent to an activating group) is 1. The summed E-state index contributed by atoms with van der Waals surface area (Å²) in [5, 5.41) is 9.78. The summed E-state index contributed by atoms with van der Waals surface area (Å²) in [6.45, 7) is 7.28. The summed E-state index contributed by atoms with van der Waals surface area (Å²) in [6, 6.07) is 9.51. The van der Waals surface area contributed by atoms with Crippen molar-refractivity contribution in [2.75, 3.05) is 26.7 Å². The first-order chi connectivity index (χ1) is 16.9. The number of amides is 1. The second-order valence-electron chi connectivity index (χ2n) is 9.52. The van der Waals surface area contributed by atoms with Crippen molar-refractivity contribution in [3.05, 3.63) is 59.4 Å². The number of aliphatic hydroxyl groups is 1. The molecule has 0 bridgehead atoms. The van der Waals surface area contributed by atoms with E-state index in [-0.39, 0.29) is 53.6 Å². The zero-order valence-corrected chi connectivity index (χ0v) is 22.0. The minimum Gasteiger partial charge on any atom is -0.487 e. The molecule has 9 heteroatoms. The van der Waals surface area contributed by atoms with Gasteiger partial charge in [-0.3, -0.25) is 4.79 Å². The van der Waals surface area contributed by atoms with Crippen LogP contribution in [0.4, 0.5) is 4.39 Å². The SMILES string of the molecule is CC(C)C#Cc1ccc2c(c1)O[C@H](CN(C)C(=O)c1cccc(F)c1)[C@H](C)CN([C@H](C)CO)S2(=O)=O. The summed E-state index contributed by atoms with van der Waals surface area (Å²) in [5.41, 5.74) is 0.816. The van der Waals surface area contributed by atoms with Crippen molar-refractivity contribution in [2.45, 2.75) is 44.7 Å². The number of aliphatic hydroxyl groups excluding tert-OH is 1. The van der Waals surface area contributed by atoms with Gasteiger partial charge in [-0.15, -0.1) is 0 Å². The topological polar surface area (TPSA) is 87.2 Å². The molecule has 0 saturated heterocycles. The molecule has 0 spiro atoms. The fraction of sp³-hybridized carbons (Fsp3) is 0.444. The first kappa shape index (κ1) is 27.7. The van der Waals surface area contributed by atoms with E-state index in [0.29, 0.717) is 5.56 Å². The Bertz CT molecular complexity index is 1270. The first-order valence-electron chi connectivity index (χ1n) is 11.9. The molecule has 194 valence electrons. The molecule has 2 aromatic rings. The zero-order valence-electron chi connectivity index (χ0n) is 21.2. The van der Waals surface area contributed by atoms with Crippen LogP contribution in [-0.4, -0.2) is 67.5 Å².